The van der Waals surface area contributed by atoms with Crippen LogP contribution in [0.3, 0.4) is 0 Å². The van der Waals surface area contributed by atoms with Crippen LogP contribution in [0.15, 0.2) is 18.6 Å². The highest BCUT2D eigenvalue weighted by Gasteiger charge is 2.32. The summed E-state index contributed by atoms with van der Waals surface area (Å²) in [7, 11) is 4.00. The van der Waals surface area contributed by atoms with Crippen LogP contribution in [0.5, 0.6) is 0 Å². The molecule has 1 saturated carbocycles. The Hall–Kier alpha value is -1.78. The molecular formula is C13H19N5. The van der Waals surface area contributed by atoms with E-state index in [1.807, 2.05) is 30.0 Å². The predicted octanol–water partition coefficient (Wildman–Crippen LogP) is 2.01. The summed E-state index contributed by atoms with van der Waals surface area (Å²) in [6.45, 7) is 2.27. The van der Waals surface area contributed by atoms with Gasteiger partial charge in [-0.15, -0.1) is 0 Å². The number of nitrogens with one attached hydrogen (secondary N) is 1. The van der Waals surface area contributed by atoms with Crippen LogP contribution >= 0.6 is 0 Å². The lowest BCUT2D eigenvalue weighted by atomic mass is 10.2. The maximum Gasteiger partial charge on any atom is 0.180 e. The van der Waals surface area contributed by atoms with Gasteiger partial charge >= 0.3 is 0 Å². The average molecular weight is 245 g/mol. The summed E-state index contributed by atoms with van der Waals surface area (Å²) in [4.78, 5) is 11.3. The number of anilines is 2. The zero-order valence-electron chi connectivity index (χ0n) is 11.1. The Kier molecular flexibility index (Phi) is 2.61. The molecular weight excluding hydrogens is 226 g/mol. The average Bonchev–Trinajstić information content (AvgIpc) is 3.13. The largest absolute Gasteiger partial charge is 0.372 e. The van der Waals surface area contributed by atoms with Crippen LogP contribution in [-0.4, -0.2) is 34.5 Å². The van der Waals surface area contributed by atoms with Gasteiger partial charge in [-0.3, -0.25) is 0 Å². The van der Waals surface area contributed by atoms with Crippen molar-refractivity contribution in [3.63, 3.8) is 0 Å². The first-order valence-electron chi connectivity index (χ1n) is 6.45. The Morgan fingerprint density at radius 2 is 2.28 bits per heavy atom. The maximum absolute atomic E-state index is 4.65. The molecule has 2 aromatic rings. The van der Waals surface area contributed by atoms with E-state index < -0.39 is 0 Å². The molecule has 1 aliphatic rings. The molecule has 0 spiro atoms. The topological polar surface area (TPSA) is 45.5 Å². The molecule has 3 rings (SSSR count). The van der Waals surface area contributed by atoms with Crippen LogP contribution in [-0.2, 0) is 0 Å². The summed E-state index contributed by atoms with van der Waals surface area (Å²) in [5.74, 6) is 2.63. The molecule has 1 unspecified atom stereocenters. The molecule has 1 N–H and O–H groups in total. The zero-order valence-corrected chi connectivity index (χ0v) is 11.1. The molecule has 5 nitrogen and oxygen atoms in total. The van der Waals surface area contributed by atoms with Gasteiger partial charge < -0.3 is 14.6 Å². The lowest BCUT2D eigenvalue weighted by Crippen LogP contribution is -2.32. The van der Waals surface area contributed by atoms with E-state index in [-0.39, 0.29) is 0 Å². The van der Waals surface area contributed by atoms with Crippen LogP contribution in [0.2, 0.25) is 0 Å². The minimum atomic E-state index is 0.519. The normalized spacial score (nSPS) is 16.8. The van der Waals surface area contributed by atoms with Crippen molar-refractivity contribution in [2.24, 2.45) is 5.92 Å². The molecule has 2 heterocycles. The summed E-state index contributed by atoms with van der Waals surface area (Å²) in [6.07, 6.45) is 8.40. The van der Waals surface area contributed by atoms with Gasteiger partial charge in [-0.05, 0) is 25.7 Å². The van der Waals surface area contributed by atoms with Crippen LogP contribution in [0, 0.1) is 5.92 Å². The minimum Gasteiger partial charge on any atom is -0.372 e. The molecule has 96 valence electrons. The fourth-order valence-electron chi connectivity index (χ4n) is 2.36. The van der Waals surface area contributed by atoms with E-state index in [0.29, 0.717) is 6.04 Å². The highest BCUT2D eigenvalue weighted by atomic mass is 15.2. The van der Waals surface area contributed by atoms with E-state index in [1.165, 1.54) is 12.8 Å². The van der Waals surface area contributed by atoms with Crippen LogP contribution in [0.25, 0.3) is 5.65 Å². The van der Waals surface area contributed by atoms with Gasteiger partial charge in [0.05, 0.1) is 6.20 Å². The van der Waals surface area contributed by atoms with Gasteiger partial charge in [-0.2, -0.15) is 0 Å². The molecule has 0 saturated heterocycles. The number of fused-ring (bicyclic) bond motifs is 1. The second kappa shape index (κ2) is 4.15. The zero-order chi connectivity index (χ0) is 12.7. The second-order valence-electron chi connectivity index (χ2n) is 5.05. The van der Waals surface area contributed by atoms with Crippen LogP contribution in [0.1, 0.15) is 19.8 Å². The van der Waals surface area contributed by atoms with Gasteiger partial charge in [0.2, 0.25) is 0 Å². The van der Waals surface area contributed by atoms with Crippen LogP contribution in [0.4, 0.5) is 11.6 Å². The molecule has 1 fully saturated rings. The summed E-state index contributed by atoms with van der Waals surface area (Å²) in [6, 6.07) is 0.519. The van der Waals surface area contributed by atoms with E-state index in [4.69, 9.17) is 0 Å². The van der Waals surface area contributed by atoms with Gasteiger partial charge in [-0.1, -0.05) is 0 Å². The predicted molar refractivity (Wildman–Crippen MR) is 73.1 cm³/mol. The molecule has 0 aliphatic heterocycles. The van der Waals surface area contributed by atoms with Crippen molar-refractivity contribution in [1.29, 1.82) is 0 Å². The third-order valence-electron chi connectivity index (χ3n) is 3.86. The smallest absolute Gasteiger partial charge is 0.180 e. The minimum absolute atomic E-state index is 0.519. The monoisotopic (exact) mass is 245 g/mol. The lowest BCUT2D eigenvalue weighted by Gasteiger charge is -2.26. The molecule has 5 heteroatoms. The summed E-state index contributed by atoms with van der Waals surface area (Å²) >= 11 is 0. The standard InChI is InChI=1S/C13H19N5/c1-9(10-4-5-10)17(3)13-12-15-6-7-18(12)8-11(14-2)16-13/h6-10,14H,4-5H2,1-3H3. The van der Waals surface area contributed by atoms with Gasteiger partial charge in [0.1, 0.15) is 5.82 Å². The van der Waals surface area contributed by atoms with Gasteiger partial charge in [0.15, 0.2) is 11.5 Å². The first kappa shape index (κ1) is 11.3. The van der Waals surface area contributed by atoms with Crippen molar-refractivity contribution in [2.45, 2.75) is 25.8 Å². The Morgan fingerprint density at radius 1 is 1.50 bits per heavy atom. The first-order chi connectivity index (χ1) is 8.70. The molecule has 1 atom stereocenters. The molecule has 2 aromatic heterocycles. The number of imidazole rings is 1. The number of rotatable bonds is 4. The highest BCUT2D eigenvalue weighted by molar-refractivity contribution is 5.67. The second-order valence-corrected chi connectivity index (χ2v) is 5.05. The fraction of sp³-hybridized carbons (Fsp3) is 0.538. The quantitative estimate of drug-likeness (QED) is 0.895. The van der Waals surface area contributed by atoms with Gasteiger partial charge in [-0.25, -0.2) is 9.97 Å². The third kappa shape index (κ3) is 1.79. The number of hydrogen-bond acceptors (Lipinski definition) is 4. The SMILES string of the molecule is CNc1cn2ccnc2c(N(C)C(C)C2CC2)n1. The number of aromatic nitrogens is 3. The summed E-state index contributed by atoms with van der Waals surface area (Å²) < 4.78 is 2.02. The van der Waals surface area contributed by atoms with Crippen molar-refractivity contribution in [1.82, 2.24) is 14.4 Å². The van der Waals surface area contributed by atoms with Gasteiger partial charge in [0.25, 0.3) is 0 Å². The van der Waals surface area contributed by atoms with Crippen molar-refractivity contribution in [3.05, 3.63) is 18.6 Å². The first-order valence-corrected chi connectivity index (χ1v) is 6.45. The highest BCUT2D eigenvalue weighted by Crippen LogP contribution is 2.36. The number of hydrogen-bond donors (Lipinski definition) is 1. The third-order valence-corrected chi connectivity index (χ3v) is 3.86. The summed E-state index contributed by atoms with van der Waals surface area (Å²) in [5.41, 5.74) is 0.920. The molecule has 0 radical (unpaired) electrons. The molecule has 0 bridgehead atoms. The Morgan fingerprint density at radius 3 is 2.94 bits per heavy atom. The number of nitrogens with zero attached hydrogens (tertiary/aromatic N) is 4. The van der Waals surface area contributed by atoms with E-state index in [1.54, 1.807) is 0 Å². The van der Waals surface area contributed by atoms with Crippen molar-refractivity contribution in [2.75, 3.05) is 24.3 Å². The maximum atomic E-state index is 4.65. The van der Waals surface area contributed by atoms with E-state index in [2.05, 4.69) is 34.2 Å². The van der Waals surface area contributed by atoms with Gasteiger partial charge in [0, 0.05) is 32.5 Å². The van der Waals surface area contributed by atoms with Crippen molar-refractivity contribution < 1.29 is 0 Å². The van der Waals surface area contributed by atoms with E-state index in [0.717, 1.165) is 23.2 Å². The molecule has 0 amide bonds. The van der Waals surface area contributed by atoms with E-state index in [9.17, 15) is 0 Å². The lowest BCUT2D eigenvalue weighted by molar-refractivity contribution is 0.604. The van der Waals surface area contributed by atoms with Crippen LogP contribution < -0.4 is 10.2 Å². The van der Waals surface area contributed by atoms with Crippen molar-refractivity contribution >= 4 is 17.3 Å². The van der Waals surface area contributed by atoms with Crippen molar-refractivity contribution in [3.8, 4) is 0 Å². The Labute approximate surface area is 107 Å². The van der Waals surface area contributed by atoms with E-state index >= 15 is 0 Å². The summed E-state index contributed by atoms with van der Waals surface area (Å²) in [5, 5.41) is 3.10. The Balaban J connectivity index is 2.05. The molecule has 1 aliphatic carbocycles. The fourth-order valence-corrected chi connectivity index (χ4v) is 2.36. The molecule has 0 aromatic carbocycles. The molecule has 18 heavy (non-hydrogen) atoms. The Bertz CT molecular complexity index is 558.